The van der Waals surface area contributed by atoms with E-state index in [4.69, 9.17) is 9.52 Å². The summed E-state index contributed by atoms with van der Waals surface area (Å²) in [6.07, 6.45) is -2.22. The van der Waals surface area contributed by atoms with Crippen molar-refractivity contribution in [3.05, 3.63) is 28.5 Å². The van der Waals surface area contributed by atoms with Gasteiger partial charge in [0.05, 0.1) is 12.2 Å². The van der Waals surface area contributed by atoms with E-state index in [9.17, 15) is 18.8 Å². The van der Waals surface area contributed by atoms with Crippen LogP contribution in [-0.2, 0) is 16.1 Å². The standard InChI is InChI=1S/C13H11FN2O6/c1-2-15-10-7(14)3-6(4-8(10)21-12(15)19)16-5-9(11(17)18)22-13(16)20/h3-4,9H,2,5H2,1H3,(H,17,18)/t9-/m1/s1. The lowest BCUT2D eigenvalue weighted by Crippen LogP contribution is -2.27. The smallest absolute Gasteiger partial charge is 0.420 e. The predicted molar refractivity (Wildman–Crippen MR) is 71.4 cm³/mol. The Bertz CT molecular complexity index is 839. The lowest BCUT2D eigenvalue weighted by Gasteiger charge is -2.12. The third-order valence-corrected chi connectivity index (χ3v) is 3.42. The number of rotatable bonds is 3. The fourth-order valence-corrected chi connectivity index (χ4v) is 2.39. The molecule has 1 aliphatic rings. The highest BCUT2D eigenvalue weighted by Crippen LogP contribution is 2.28. The number of hydrogen-bond donors (Lipinski definition) is 1. The van der Waals surface area contributed by atoms with Gasteiger partial charge in [-0.3, -0.25) is 9.47 Å². The molecule has 22 heavy (non-hydrogen) atoms. The van der Waals surface area contributed by atoms with Crippen molar-refractivity contribution in [2.45, 2.75) is 19.6 Å². The van der Waals surface area contributed by atoms with Crippen LogP contribution >= 0.6 is 0 Å². The van der Waals surface area contributed by atoms with Gasteiger partial charge in [-0.15, -0.1) is 0 Å². The number of benzene rings is 1. The van der Waals surface area contributed by atoms with Gasteiger partial charge in [-0.25, -0.2) is 18.8 Å². The van der Waals surface area contributed by atoms with Crippen LogP contribution in [-0.4, -0.2) is 34.4 Å². The number of aromatic nitrogens is 1. The van der Waals surface area contributed by atoms with E-state index in [2.05, 4.69) is 4.74 Å². The minimum Gasteiger partial charge on any atom is -0.478 e. The van der Waals surface area contributed by atoms with Gasteiger partial charge in [0.2, 0.25) is 6.10 Å². The molecule has 2 aromatic rings. The summed E-state index contributed by atoms with van der Waals surface area (Å²) >= 11 is 0. The van der Waals surface area contributed by atoms with Gasteiger partial charge in [-0.2, -0.15) is 0 Å². The average molecular weight is 310 g/mol. The quantitative estimate of drug-likeness (QED) is 0.912. The summed E-state index contributed by atoms with van der Waals surface area (Å²) in [5, 5.41) is 8.85. The molecule has 0 spiro atoms. The number of oxazole rings is 1. The number of carboxylic acids is 1. The molecule has 1 atom stereocenters. The van der Waals surface area contributed by atoms with Crippen molar-refractivity contribution >= 4 is 28.8 Å². The number of carbonyl (C=O) groups excluding carboxylic acids is 1. The van der Waals surface area contributed by atoms with Crippen molar-refractivity contribution in [1.82, 2.24) is 4.57 Å². The number of carboxylic acid groups (broad SMARTS) is 1. The molecule has 8 nitrogen and oxygen atoms in total. The number of ether oxygens (including phenoxy) is 1. The van der Waals surface area contributed by atoms with Gasteiger partial charge in [0.1, 0.15) is 5.52 Å². The third-order valence-electron chi connectivity index (χ3n) is 3.42. The molecule has 1 N–H and O–H groups in total. The molecular weight excluding hydrogens is 299 g/mol. The summed E-state index contributed by atoms with van der Waals surface area (Å²) in [6, 6.07) is 2.34. The predicted octanol–water partition coefficient (Wildman–Crippen LogP) is 1.16. The van der Waals surface area contributed by atoms with Gasteiger partial charge < -0.3 is 14.3 Å². The Morgan fingerprint density at radius 1 is 1.45 bits per heavy atom. The van der Waals surface area contributed by atoms with Crippen LogP contribution in [0.5, 0.6) is 0 Å². The number of nitrogens with zero attached hydrogens (tertiary/aromatic N) is 2. The Hall–Kier alpha value is -2.84. The molecular formula is C13H11FN2O6. The van der Waals surface area contributed by atoms with E-state index >= 15 is 0 Å². The van der Waals surface area contributed by atoms with Gasteiger partial charge in [-0.1, -0.05) is 0 Å². The number of halogens is 1. The number of aryl methyl sites for hydroxylation is 1. The number of amides is 1. The number of hydrogen-bond acceptors (Lipinski definition) is 5. The number of anilines is 1. The summed E-state index contributed by atoms with van der Waals surface area (Å²) in [5.74, 6) is -2.74. The lowest BCUT2D eigenvalue weighted by molar-refractivity contribution is -0.144. The Labute approximate surface area is 122 Å². The van der Waals surface area contributed by atoms with Gasteiger partial charge in [0.15, 0.2) is 11.4 Å². The maximum atomic E-state index is 14.2. The van der Waals surface area contributed by atoms with Crippen LogP contribution in [0.3, 0.4) is 0 Å². The maximum Gasteiger partial charge on any atom is 0.420 e. The molecule has 3 rings (SSSR count). The zero-order valence-electron chi connectivity index (χ0n) is 11.4. The molecule has 1 fully saturated rings. The lowest BCUT2D eigenvalue weighted by atomic mass is 10.2. The first-order chi connectivity index (χ1) is 10.4. The molecule has 9 heteroatoms. The van der Waals surface area contributed by atoms with Crippen LogP contribution < -0.4 is 10.7 Å². The Balaban J connectivity index is 2.08. The van der Waals surface area contributed by atoms with Gasteiger partial charge in [-0.05, 0) is 6.92 Å². The Kier molecular flexibility index (Phi) is 3.12. The van der Waals surface area contributed by atoms with Crippen LogP contribution in [0.15, 0.2) is 21.3 Å². The molecule has 2 heterocycles. The van der Waals surface area contributed by atoms with Crippen LogP contribution in [0.2, 0.25) is 0 Å². The fourth-order valence-electron chi connectivity index (χ4n) is 2.39. The molecule has 1 aromatic carbocycles. The van der Waals surface area contributed by atoms with E-state index in [1.165, 1.54) is 6.07 Å². The second-order valence-corrected chi connectivity index (χ2v) is 4.71. The summed E-state index contributed by atoms with van der Waals surface area (Å²) in [7, 11) is 0. The molecule has 0 unspecified atom stereocenters. The molecule has 1 aromatic heterocycles. The van der Waals surface area contributed by atoms with Crippen molar-refractivity contribution in [2.24, 2.45) is 0 Å². The van der Waals surface area contributed by atoms with Crippen molar-refractivity contribution in [3.63, 3.8) is 0 Å². The molecule has 0 radical (unpaired) electrons. The van der Waals surface area contributed by atoms with Gasteiger partial charge >= 0.3 is 17.8 Å². The third kappa shape index (κ3) is 2.01. The van der Waals surface area contributed by atoms with Crippen LogP contribution in [0.1, 0.15) is 6.92 Å². The van der Waals surface area contributed by atoms with E-state index in [1.54, 1.807) is 6.92 Å². The molecule has 116 valence electrons. The summed E-state index contributed by atoms with van der Waals surface area (Å²) < 4.78 is 25.0. The van der Waals surface area contributed by atoms with Crippen molar-refractivity contribution in [1.29, 1.82) is 0 Å². The van der Waals surface area contributed by atoms with Crippen LogP contribution in [0.4, 0.5) is 14.9 Å². The minimum absolute atomic E-state index is 0.00130. The second kappa shape index (κ2) is 4.86. The van der Waals surface area contributed by atoms with Gasteiger partial charge in [0.25, 0.3) is 0 Å². The minimum atomic E-state index is -1.32. The highest BCUT2D eigenvalue weighted by atomic mass is 19.1. The van der Waals surface area contributed by atoms with Crippen molar-refractivity contribution < 1.29 is 28.2 Å². The topological polar surface area (TPSA) is 102 Å². The number of aliphatic carboxylic acids is 1. The zero-order chi connectivity index (χ0) is 16.0. The van der Waals surface area contributed by atoms with Crippen LogP contribution in [0, 0.1) is 5.82 Å². The molecule has 1 saturated heterocycles. The second-order valence-electron chi connectivity index (χ2n) is 4.71. The van der Waals surface area contributed by atoms with E-state index in [-0.39, 0.29) is 29.9 Å². The van der Waals surface area contributed by atoms with E-state index in [0.29, 0.717) is 0 Å². The Morgan fingerprint density at radius 3 is 2.77 bits per heavy atom. The van der Waals surface area contributed by atoms with Crippen LogP contribution in [0.25, 0.3) is 11.1 Å². The molecule has 0 bridgehead atoms. The average Bonchev–Trinajstić information content (AvgIpc) is 2.98. The van der Waals surface area contributed by atoms with Crippen molar-refractivity contribution in [2.75, 3.05) is 11.4 Å². The highest BCUT2D eigenvalue weighted by Gasteiger charge is 2.37. The first-order valence-corrected chi connectivity index (χ1v) is 6.46. The van der Waals surface area contributed by atoms with E-state index in [1.807, 2.05) is 0 Å². The molecule has 0 saturated carbocycles. The normalized spacial score (nSPS) is 18.0. The highest BCUT2D eigenvalue weighted by molar-refractivity contribution is 5.95. The summed E-state index contributed by atoms with van der Waals surface area (Å²) in [4.78, 5) is 35.1. The molecule has 1 aliphatic heterocycles. The fraction of sp³-hybridized carbons (Fsp3) is 0.308. The molecule has 0 aliphatic carbocycles. The maximum absolute atomic E-state index is 14.2. The first-order valence-electron chi connectivity index (χ1n) is 6.46. The number of fused-ring (bicyclic) bond motifs is 1. The van der Waals surface area contributed by atoms with E-state index < -0.39 is 29.7 Å². The Morgan fingerprint density at radius 2 is 2.18 bits per heavy atom. The van der Waals surface area contributed by atoms with Crippen molar-refractivity contribution in [3.8, 4) is 0 Å². The molecule has 1 amide bonds. The zero-order valence-corrected chi connectivity index (χ0v) is 11.4. The monoisotopic (exact) mass is 310 g/mol. The SMILES string of the molecule is CCn1c(=O)oc2cc(N3C[C@H](C(=O)O)OC3=O)cc(F)c21. The number of carbonyl (C=O) groups is 2. The number of cyclic esters (lactones) is 1. The largest absolute Gasteiger partial charge is 0.478 e. The summed E-state index contributed by atoms with van der Waals surface area (Å²) in [5.41, 5.74) is 0.0442. The van der Waals surface area contributed by atoms with Gasteiger partial charge in [0, 0.05) is 18.7 Å². The first kappa shape index (κ1) is 14.1. The summed E-state index contributed by atoms with van der Waals surface area (Å²) in [6.45, 7) is 1.64. The van der Waals surface area contributed by atoms with E-state index in [0.717, 1.165) is 15.5 Å².